The Morgan fingerprint density at radius 3 is 2.53 bits per heavy atom. The minimum atomic E-state index is -0.908. The van der Waals surface area contributed by atoms with Gasteiger partial charge < -0.3 is 15.7 Å². The lowest BCUT2D eigenvalue weighted by atomic mass is 10.4. The molecule has 0 fully saturated rings. The van der Waals surface area contributed by atoms with Gasteiger partial charge in [-0.2, -0.15) is 11.8 Å². The third kappa shape index (κ3) is 11.0. The first kappa shape index (κ1) is 14.1. The SMILES string of the molecule is CCSCCCNC(=O)NCCC(=O)O. The summed E-state index contributed by atoms with van der Waals surface area (Å²) in [5.41, 5.74) is 0. The molecule has 0 spiro atoms. The van der Waals surface area contributed by atoms with E-state index in [2.05, 4.69) is 17.6 Å². The molecule has 0 heterocycles. The lowest BCUT2D eigenvalue weighted by molar-refractivity contribution is -0.136. The van der Waals surface area contributed by atoms with Crippen molar-refractivity contribution in [3.63, 3.8) is 0 Å². The summed E-state index contributed by atoms with van der Waals surface area (Å²) in [6.07, 6.45) is 0.893. The molecule has 0 saturated heterocycles. The Morgan fingerprint density at radius 1 is 1.27 bits per heavy atom. The van der Waals surface area contributed by atoms with Crippen LogP contribution in [0.2, 0.25) is 0 Å². The van der Waals surface area contributed by atoms with Gasteiger partial charge in [0.2, 0.25) is 0 Å². The van der Waals surface area contributed by atoms with Crippen LogP contribution in [0.25, 0.3) is 0 Å². The molecule has 5 nitrogen and oxygen atoms in total. The molecule has 0 bridgehead atoms. The van der Waals surface area contributed by atoms with E-state index in [1.54, 1.807) is 0 Å². The van der Waals surface area contributed by atoms with Gasteiger partial charge in [-0.25, -0.2) is 4.79 Å². The van der Waals surface area contributed by atoms with Crippen molar-refractivity contribution in [2.75, 3.05) is 24.6 Å². The number of nitrogens with one attached hydrogen (secondary N) is 2. The van der Waals surface area contributed by atoms with Crippen LogP contribution >= 0.6 is 11.8 Å². The van der Waals surface area contributed by atoms with Gasteiger partial charge in [0.25, 0.3) is 0 Å². The van der Waals surface area contributed by atoms with Crippen LogP contribution < -0.4 is 10.6 Å². The molecule has 0 atom stereocenters. The second kappa shape index (κ2) is 9.64. The Bertz CT molecular complexity index is 200. The van der Waals surface area contributed by atoms with E-state index in [1.165, 1.54) is 0 Å². The Balaban J connectivity index is 3.22. The van der Waals surface area contributed by atoms with Crippen molar-refractivity contribution in [1.29, 1.82) is 0 Å². The normalized spacial score (nSPS) is 9.67. The Labute approximate surface area is 94.0 Å². The lowest BCUT2D eigenvalue weighted by Gasteiger charge is -2.05. The van der Waals surface area contributed by atoms with Gasteiger partial charge in [0, 0.05) is 13.1 Å². The Morgan fingerprint density at radius 2 is 1.93 bits per heavy atom. The van der Waals surface area contributed by atoms with Crippen molar-refractivity contribution in [2.24, 2.45) is 0 Å². The van der Waals surface area contributed by atoms with Gasteiger partial charge in [0.1, 0.15) is 0 Å². The van der Waals surface area contributed by atoms with Crippen molar-refractivity contribution in [3.05, 3.63) is 0 Å². The summed E-state index contributed by atoms with van der Waals surface area (Å²) in [5, 5.41) is 13.5. The summed E-state index contributed by atoms with van der Waals surface area (Å²) in [7, 11) is 0. The van der Waals surface area contributed by atoms with Gasteiger partial charge in [-0.15, -0.1) is 0 Å². The number of carbonyl (C=O) groups excluding carboxylic acids is 1. The number of carbonyl (C=O) groups is 2. The van der Waals surface area contributed by atoms with Crippen molar-refractivity contribution < 1.29 is 14.7 Å². The van der Waals surface area contributed by atoms with Gasteiger partial charge in [-0.1, -0.05) is 6.92 Å². The minimum absolute atomic E-state index is 0.0426. The molecule has 0 aromatic heterocycles. The van der Waals surface area contributed by atoms with Crippen molar-refractivity contribution in [1.82, 2.24) is 10.6 Å². The molecule has 0 aromatic rings. The fourth-order valence-electron chi connectivity index (χ4n) is 0.866. The summed E-state index contributed by atoms with van der Waals surface area (Å²) in [5.74, 6) is 1.21. The molecule has 0 rings (SSSR count). The molecule has 0 aromatic carbocycles. The predicted molar refractivity (Wildman–Crippen MR) is 61.3 cm³/mol. The summed E-state index contributed by atoms with van der Waals surface area (Å²) >= 11 is 1.83. The first-order valence-corrected chi connectivity index (χ1v) is 6.13. The predicted octanol–water partition coefficient (Wildman–Crippen LogP) is 0.903. The van der Waals surface area contributed by atoms with Crippen molar-refractivity contribution in [3.8, 4) is 0 Å². The number of hydrogen-bond acceptors (Lipinski definition) is 3. The van der Waals surface area contributed by atoms with Gasteiger partial charge >= 0.3 is 12.0 Å². The van der Waals surface area contributed by atoms with E-state index in [0.29, 0.717) is 6.54 Å². The number of carboxylic acid groups (broad SMARTS) is 1. The van der Waals surface area contributed by atoms with Crippen LogP contribution in [0, 0.1) is 0 Å². The number of urea groups is 1. The zero-order valence-corrected chi connectivity index (χ0v) is 9.73. The van der Waals surface area contributed by atoms with E-state index in [-0.39, 0.29) is 19.0 Å². The highest BCUT2D eigenvalue weighted by atomic mass is 32.2. The first-order chi connectivity index (χ1) is 7.16. The monoisotopic (exact) mass is 234 g/mol. The maximum atomic E-state index is 11.0. The lowest BCUT2D eigenvalue weighted by Crippen LogP contribution is -2.37. The second-order valence-corrected chi connectivity index (χ2v) is 4.27. The molecule has 0 saturated carbocycles. The number of amides is 2. The molecule has 2 amide bonds. The molecular formula is C9H18N2O3S. The zero-order chi connectivity index (χ0) is 11.5. The van der Waals surface area contributed by atoms with Crippen LogP contribution in [-0.4, -0.2) is 41.7 Å². The number of hydrogen-bond donors (Lipinski definition) is 3. The van der Waals surface area contributed by atoms with Crippen molar-refractivity contribution in [2.45, 2.75) is 19.8 Å². The quantitative estimate of drug-likeness (QED) is 0.545. The maximum absolute atomic E-state index is 11.0. The van der Waals surface area contributed by atoms with E-state index < -0.39 is 5.97 Å². The first-order valence-electron chi connectivity index (χ1n) is 4.98. The topological polar surface area (TPSA) is 78.4 Å². The van der Waals surface area contributed by atoms with Gasteiger partial charge in [0.15, 0.2) is 0 Å². The number of rotatable bonds is 8. The van der Waals surface area contributed by atoms with Gasteiger partial charge in [-0.05, 0) is 17.9 Å². The fraction of sp³-hybridized carbons (Fsp3) is 0.778. The molecule has 0 unspecified atom stereocenters. The van der Waals surface area contributed by atoms with Crippen LogP contribution in [0.3, 0.4) is 0 Å². The summed E-state index contributed by atoms with van der Waals surface area (Å²) in [6, 6.07) is -0.294. The van der Waals surface area contributed by atoms with E-state index >= 15 is 0 Å². The molecule has 3 N–H and O–H groups in total. The van der Waals surface area contributed by atoms with Crippen LogP contribution in [0.15, 0.2) is 0 Å². The smallest absolute Gasteiger partial charge is 0.314 e. The molecule has 15 heavy (non-hydrogen) atoms. The molecule has 0 radical (unpaired) electrons. The summed E-state index contributed by atoms with van der Waals surface area (Å²) in [4.78, 5) is 21.2. The standard InChI is InChI=1S/C9H18N2O3S/c1-2-15-7-3-5-10-9(14)11-6-4-8(12)13/h2-7H2,1H3,(H,12,13)(H2,10,11,14). The van der Waals surface area contributed by atoms with E-state index in [4.69, 9.17) is 5.11 Å². The van der Waals surface area contributed by atoms with Crippen LogP contribution in [-0.2, 0) is 4.79 Å². The number of thioether (sulfide) groups is 1. The zero-order valence-electron chi connectivity index (χ0n) is 8.91. The van der Waals surface area contributed by atoms with Crippen LogP contribution in [0.1, 0.15) is 19.8 Å². The van der Waals surface area contributed by atoms with Gasteiger partial charge in [-0.3, -0.25) is 4.79 Å². The van der Waals surface area contributed by atoms with E-state index in [0.717, 1.165) is 17.9 Å². The van der Waals surface area contributed by atoms with E-state index in [1.807, 2.05) is 11.8 Å². The molecule has 0 aliphatic rings. The largest absolute Gasteiger partial charge is 0.481 e. The number of carboxylic acids is 1. The minimum Gasteiger partial charge on any atom is -0.481 e. The van der Waals surface area contributed by atoms with Crippen LogP contribution in [0.5, 0.6) is 0 Å². The highest BCUT2D eigenvalue weighted by Gasteiger charge is 2.00. The average molecular weight is 234 g/mol. The molecule has 0 aliphatic heterocycles. The van der Waals surface area contributed by atoms with E-state index in [9.17, 15) is 9.59 Å². The third-order valence-corrected chi connectivity index (χ3v) is 2.57. The molecule has 6 heteroatoms. The van der Waals surface area contributed by atoms with Crippen LogP contribution in [0.4, 0.5) is 4.79 Å². The number of aliphatic carboxylic acids is 1. The van der Waals surface area contributed by atoms with Crippen molar-refractivity contribution >= 4 is 23.8 Å². The molecular weight excluding hydrogens is 216 g/mol. The second-order valence-electron chi connectivity index (χ2n) is 2.88. The molecule has 0 aliphatic carbocycles. The Kier molecular flexibility index (Phi) is 9.05. The highest BCUT2D eigenvalue weighted by molar-refractivity contribution is 7.99. The third-order valence-electron chi connectivity index (χ3n) is 1.58. The van der Waals surface area contributed by atoms with Gasteiger partial charge in [0.05, 0.1) is 6.42 Å². The maximum Gasteiger partial charge on any atom is 0.314 e. The fourth-order valence-corrected chi connectivity index (χ4v) is 1.50. The highest BCUT2D eigenvalue weighted by Crippen LogP contribution is 1.99. The Hall–Kier alpha value is -0.910. The summed E-state index contributed by atoms with van der Waals surface area (Å²) in [6.45, 7) is 2.90. The summed E-state index contributed by atoms with van der Waals surface area (Å²) < 4.78 is 0. The average Bonchev–Trinajstić information content (AvgIpc) is 2.17. The molecule has 88 valence electrons.